The Hall–Kier alpha value is -4.85. The van der Waals surface area contributed by atoms with Gasteiger partial charge in [0.05, 0.1) is 41.8 Å². The van der Waals surface area contributed by atoms with Crippen LogP contribution in [0.25, 0.3) is 0 Å². The molecule has 5 rings (SSSR count). The van der Waals surface area contributed by atoms with Crippen LogP contribution in [-0.4, -0.2) is 63.3 Å². The number of carbonyl (C=O) groups excluding carboxylic acids is 4. The molecule has 1 saturated carbocycles. The average Bonchev–Trinajstić information content (AvgIpc) is 3.17. The first-order chi connectivity index (χ1) is 25.4. The molecule has 0 aliphatic heterocycles. The van der Waals surface area contributed by atoms with E-state index < -0.39 is 21.8 Å². The van der Waals surface area contributed by atoms with E-state index in [4.69, 9.17) is 9.47 Å². The number of carbonyl (C=O) groups is 4. The fourth-order valence-electron chi connectivity index (χ4n) is 6.50. The summed E-state index contributed by atoms with van der Waals surface area (Å²) in [6.45, 7) is 2.01. The van der Waals surface area contributed by atoms with Crippen LogP contribution in [0.5, 0.6) is 0 Å². The lowest BCUT2D eigenvalue weighted by atomic mass is 9.86. The zero-order chi connectivity index (χ0) is 38.1. The van der Waals surface area contributed by atoms with Gasteiger partial charge in [0.2, 0.25) is 10.0 Å². The molecule has 0 spiro atoms. The molecule has 0 aromatic heterocycles. The standard InChI is InChI=1S/C40H42BrN3O8S/c1-4-44(33-21-16-29(17-22-33)40(48)52-3)53(49,50)34-7-5-6-30(24-34)37(45)43-36-25-31(41)18-23-35(36)38(46)42-32-19-12-27(13-20-32)9-8-26-10-14-28(15-11-26)39(47)51-2/h5-7,10-15,18-20,23-25,29,33H,4,8-9,16-17,21-22H2,1-3H3,(H,42,46)(H,43,45)/t29-,33-. The average molecular weight is 805 g/mol. The predicted molar refractivity (Wildman–Crippen MR) is 205 cm³/mol. The molecule has 0 heterocycles. The quantitative estimate of drug-likeness (QED) is 0.134. The number of aryl methyl sites for hydroxylation is 2. The molecule has 1 aliphatic rings. The normalized spacial score (nSPS) is 15.7. The van der Waals surface area contributed by atoms with Crippen LogP contribution in [0.4, 0.5) is 11.4 Å². The second-order valence-corrected chi connectivity index (χ2v) is 15.6. The predicted octanol–water partition coefficient (Wildman–Crippen LogP) is 7.27. The highest BCUT2D eigenvalue weighted by atomic mass is 79.9. The van der Waals surface area contributed by atoms with Gasteiger partial charge in [0.15, 0.2) is 0 Å². The second-order valence-electron chi connectivity index (χ2n) is 12.7. The number of sulfonamides is 1. The molecule has 11 nitrogen and oxygen atoms in total. The summed E-state index contributed by atoms with van der Waals surface area (Å²) >= 11 is 3.41. The molecule has 53 heavy (non-hydrogen) atoms. The smallest absolute Gasteiger partial charge is 0.337 e. The Morgan fingerprint density at radius 1 is 0.755 bits per heavy atom. The lowest BCUT2D eigenvalue weighted by Crippen LogP contribution is -2.43. The summed E-state index contributed by atoms with van der Waals surface area (Å²) in [5.41, 5.74) is 3.77. The minimum atomic E-state index is -3.96. The Kier molecular flexibility index (Phi) is 13.2. The fraction of sp³-hybridized carbons (Fsp3) is 0.300. The highest BCUT2D eigenvalue weighted by Crippen LogP contribution is 2.32. The first-order valence-corrected chi connectivity index (χ1v) is 19.5. The Morgan fingerprint density at radius 2 is 1.40 bits per heavy atom. The Balaban J connectivity index is 1.23. The number of anilines is 2. The van der Waals surface area contributed by atoms with Gasteiger partial charge in [-0.15, -0.1) is 0 Å². The van der Waals surface area contributed by atoms with E-state index in [1.165, 1.54) is 42.8 Å². The fourth-order valence-corrected chi connectivity index (χ4v) is 8.60. The van der Waals surface area contributed by atoms with E-state index in [1.54, 1.807) is 49.4 Å². The van der Waals surface area contributed by atoms with Crippen LogP contribution in [-0.2, 0) is 37.1 Å². The third kappa shape index (κ3) is 9.78. The summed E-state index contributed by atoms with van der Waals surface area (Å²) in [6.07, 6.45) is 3.65. The van der Waals surface area contributed by atoms with Gasteiger partial charge in [-0.25, -0.2) is 13.2 Å². The second kappa shape index (κ2) is 17.8. The van der Waals surface area contributed by atoms with Crippen LogP contribution in [0.15, 0.2) is 100 Å². The third-order valence-electron chi connectivity index (χ3n) is 9.42. The van der Waals surface area contributed by atoms with Crippen LogP contribution in [0.1, 0.15) is 74.8 Å². The number of esters is 2. The molecule has 0 saturated heterocycles. The highest BCUT2D eigenvalue weighted by molar-refractivity contribution is 9.10. The zero-order valence-electron chi connectivity index (χ0n) is 29.8. The molecule has 2 amide bonds. The minimum Gasteiger partial charge on any atom is -0.469 e. The number of nitrogens with zero attached hydrogens (tertiary/aromatic N) is 1. The van der Waals surface area contributed by atoms with Gasteiger partial charge in [-0.3, -0.25) is 14.4 Å². The number of rotatable bonds is 13. The molecule has 1 fully saturated rings. The van der Waals surface area contributed by atoms with E-state index in [-0.39, 0.29) is 52.2 Å². The zero-order valence-corrected chi connectivity index (χ0v) is 32.2. The number of ether oxygens (including phenoxy) is 2. The first-order valence-electron chi connectivity index (χ1n) is 17.3. The number of hydrogen-bond acceptors (Lipinski definition) is 8. The Bertz CT molecular complexity index is 2060. The number of methoxy groups -OCH3 is 2. The van der Waals surface area contributed by atoms with E-state index in [9.17, 15) is 27.6 Å². The van der Waals surface area contributed by atoms with Crippen LogP contribution < -0.4 is 10.6 Å². The van der Waals surface area contributed by atoms with Crippen molar-refractivity contribution in [3.63, 3.8) is 0 Å². The molecule has 0 radical (unpaired) electrons. The van der Waals surface area contributed by atoms with Crippen LogP contribution in [0.3, 0.4) is 0 Å². The molecule has 1 aliphatic carbocycles. The van der Waals surface area contributed by atoms with Gasteiger partial charge in [0, 0.05) is 28.3 Å². The summed E-state index contributed by atoms with van der Waals surface area (Å²) in [5.74, 6) is -1.91. The molecule has 13 heteroatoms. The van der Waals surface area contributed by atoms with Crippen LogP contribution in [0, 0.1) is 5.92 Å². The maximum atomic E-state index is 13.8. The largest absolute Gasteiger partial charge is 0.469 e. The number of hydrogen-bond donors (Lipinski definition) is 2. The maximum absolute atomic E-state index is 13.8. The van der Waals surface area contributed by atoms with Gasteiger partial charge in [-0.2, -0.15) is 4.31 Å². The van der Waals surface area contributed by atoms with E-state index in [2.05, 4.69) is 26.6 Å². The lowest BCUT2D eigenvalue weighted by Gasteiger charge is -2.34. The molecule has 278 valence electrons. The van der Waals surface area contributed by atoms with Gasteiger partial charge in [-0.05, 0) is 110 Å². The molecule has 0 atom stereocenters. The topological polar surface area (TPSA) is 148 Å². The Morgan fingerprint density at radius 3 is 2.00 bits per heavy atom. The Labute approximate surface area is 318 Å². The number of halogens is 1. The van der Waals surface area contributed by atoms with E-state index in [0.29, 0.717) is 41.4 Å². The monoisotopic (exact) mass is 803 g/mol. The molecule has 4 aromatic rings. The number of amides is 2. The van der Waals surface area contributed by atoms with Crippen LogP contribution in [0.2, 0.25) is 0 Å². The molecule has 0 bridgehead atoms. The molecular formula is C40H42BrN3O8S. The van der Waals surface area contributed by atoms with Crippen molar-refractivity contribution in [2.75, 3.05) is 31.4 Å². The number of benzene rings is 4. The molecule has 4 aromatic carbocycles. The highest BCUT2D eigenvalue weighted by Gasteiger charge is 2.35. The van der Waals surface area contributed by atoms with E-state index in [1.807, 2.05) is 24.3 Å². The van der Waals surface area contributed by atoms with Crippen molar-refractivity contribution in [1.82, 2.24) is 4.31 Å². The van der Waals surface area contributed by atoms with Crippen molar-refractivity contribution >= 4 is 61.1 Å². The molecule has 0 unspecified atom stereocenters. The summed E-state index contributed by atoms with van der Waals surface area (Å²) in [5, 5.41) is 5.67. The van der Waals surface area contributed by atoms with E-state index in [0.717, 1.165) is 24.0 Å². The van der Waals surface area contributed by atoms with Crippen molar-refractivity contribution in [2.45, 2.75) is 56.4 Å². The van der Waals surface area contributed by atoms with Gasteiger partial charge in [0.1, 0.15) is 0 Å². The summed E-state index contributed by atoms with van der Waals surface area (Å²) in [7, 11) is -1.26. The molecular weight excluding hydrogens is 762 g/mol. The third-order valence-corrected chi connectivity index (χ3v) is 11.9. The first kappa shape index (κ1) is 39.4. The van der Waals surface area contributed by atoms with Crippen molar-refractivity contribution in [3.8, 4) is 0 Å². The SMILES string of the molecule is CCN([C@H]1CC[C@H](C(=O)OC)CC1)S(=O)(=O)c1cccc(C(=O)Nc2cc(Br)ccc2C(=O)Nc2ccc(CCc3ccc(C(=O)OC)cc3)cc2)c1. The minimum absolute atomic E-state index is 0.0192. The van der Waals surface area contributed by atoms with Gasteiger partial charge >= 0.3 is 11.9 Å². The maximum Gasteiger partial charge on any atom is 0.337 e. The van der Waals surface area contributed by atoms with Crippen LogP contribution >= 0.6 is 15.9 Å². The van der Waals surface area contributed by atoms with Crippen molar-refractivity contribution in [2.24, 2.45) is 5.92 Å². The van der Waals surface area contributed by atoms with Gasteiger partial charge < -0.3 is 20.1 Å². The summed E-state index contributed by atoms with van der Waals surface area (Å²) in [4.78, 5) is 50.6. The molecule has 2 N–H and O–H groups in total. The summed E-state index contributed by atoms with van der Waals surface area (Å²) < 4.78 is 39.3. The number of nitrogens with one attached hydrogen (secondary N) is 2. The van der Waals surface area contributed by atoms with Crippen molar-refractivity contribution in [1.29, 1.82) is 0 Å². The van der Waals surface area contributed by atoms with Gasteiger partial charge in [-0.1, -0.05) is 53.2 Å². The van der Waals surface area contributed by atoms with E-state index >= 15 is 0 Å². The van der Waals surface area contributed by atoms with Crippen molar-refractivity contribution in [3.05, 3.63) is 123 Å². The van der Waals surface area contributed by atoms with Crippen molar-refractivity contribution < 1.29 is 37.1 Å². The van der Waals surface area contributed by atoms with Gasteiger partial charge in [0.25, 0.3) is 11.8 Å². The summed E-state index contributed by atoms with van der Waals surface area (Å²) in [6, 6.07) is 25.2. The lowest BCUT2D eigenvalue weighted by molar-refractivity contribution is -0.146.